The predicted octanol–water partition coefficient (Wildman–Crippen LogP) is 3.78. The molecular weight excluding hydrogens is 246 g/mol. The van der Waals surface area contributed by atoms with Gasteiger partial charge in [-0.15, -0.1) is 0 Å². The van der Waals surface area contributed by atoms with Crippen molar-refractivity contribution < 1.29 is 4.79 Å². The van der Waals surface area contributed by atoms with Crippen LogP contribution in [-0.4, -0.2) is 12.5 Å². The molecule has 2 aromatic rings. The van der Waals surface area contributed by atoms with Crippen molar-refractivity contribution in [3.8, 4) is 0 Å². The maximum absolute atomic E-state index is 12.1. The second-order valence-corrected chi connectivity index (χ2v) is 5.07. The Hall–Kier alpha value is -2.09. The maximum Gasteiger partial charge on any atom is 0.251 e. The second-order valence-electron chi connectivity index (χ2n) is 5.07. The third-order valence-electron chi connectivity index (χ3n) is 3.56. The molecule has 0 saturated heterocycles. The molecule has 2 nitrogen and oxygen atoms in total. The lowest BCUT2D eigenvalue weighted by Crippen LogP contribution is -2.27. The minimum Gasteiger partial charge on any atom is -0.351 e. The fourth-order valence-electron chi connectivity index (χ4n) is 2.14. The smallest absolute Gasteiger partial charge is 0.251 e. The van der Waals surface area contributed by atoms with E-state index in [2.05, 4.69) is 31.3 Å². The number of carbonyl (C=O) groups is 1. The van der Waals surface area contributed by atoms with Crippen LogP contribution >= 0.6 is 0 Å². The van der Waals surface area contributed by atoms with E-state index in [1.165, 1.54) is 11.1 Å². The minimum absolute atomic E-state index is 0.00423. The monoisotopic (exact) mass is 267 g/mol. The van der Waals surface area contributed by atoms with Crippen molar-refractivity contribution in [3.05, 3.63) is 71.3 Å². The molecule has 0 aliphatic rings. The average molecular weight is 267 g/mol. The Morgan fingerprint density at radius 2 is 1.70 bits per heavy atom. The maximum atomic E-state index is 12.1. The Morgan fingerprint density at radius 1 is 1.05 bits per heavy atom. The fraction of sp³-hybridized carbons (Fsp3) is 0.278. The van der Waals surface area contributed by atoms with Gasteiger partial charge in [-0.25, -0.2) is 0 Å². The molecule has 104 valence electrons. The van der Waals surface area contributed by atoms with Gasteiger partial charge in [-0.3, -0.25) is 4.79 Å². The largest absolute Gasteiger partial charge is 0.351 e. The number of hydrogen-bond donors (Lipinski definition) is 1. The Morgan fingerprint density at radius 3 is 2.30 bits per heavy atom. The van der Waals surface area contributed by atoms with Crippen LogP contribution in [0.4, 0.5) is 0 Å². The summed E-state index contributed by atoms with van der Waals surface area (Å²) in [6.07, 6.45) is 0.993. The van der Waals surface area contributed by atoms with Crippen LogP contribution in [0.5, 0.6) is 0 Å². The van der Waals surface area contributed by atoms with Gasteiger partial charge >= 0.3 is 0 Å². The number of carbonyl (C=O) groups excluding carboxylic acids is 1. The van der Waals surface area contributed by atoms with Crippen molar-refractivity contribution in [2.24, 2.45) is 0 Å². The van der Waals surface area contributed by atoms with Crippen molar-refractivity contribution in [2.45, 2.75) is 26.2 Å². The van der Waals surface area contributed by atoms with E-state index >= 15 is 0 Å². The van der Waals surface area contributed by atoms with Crippen molar-refractivity contribution in [2.75, 3.05) is 6.54 Å². The minimum atomic E-state index is -0.00423. The lowest BCUT2D eigenvalue weighted by molar-refractivity contribution is 0.0951. The molecule has 0 heterocycles. The lowest BCUT2D eigenvalue weighted by Gasteiger charge is -2.13. The molecule has 1 atom stereocenters. The number of rotatable bonds is 5. The number of benzene rings is 2. The molecule has 0 saturated carbocycles. The summed E-state index contributed by atoms with van der Waals surface area (Å²) in [5.74, 6) is 0.311. The van der Waals surface area contributed by atoms with Crippen LogP contribution in [0.3, 0.4) is 0 Å². The fourth-order valence-corrected chi connectivity index (χ4v) is 2.14. The quantitative estimate of drug-likeness (QED) is 0.877. The summed E-state index contributed by atoms with van der Waals surface area (Å²) in [6, 6.07) is 18.0. The first kappa shape index (κ1) is 14.3. The number of aryl methyl sites for hydroxylation is 1. The van der Waals surface area contributed by atoms with Gasteiger partial charge in [0.25, 0.3) is 5.91 Å². The van der Waals surface area contributed by atoms with Crippen molar-refractivity contribution in [1.29, 1.82) is 0 Å². The van der Waals surface area contributed by atoms with Crippen LogP contribution < -0.4 is 5.32 Å². The first-order valence-electron chi connectivity index (χ1n) is 7.12. The Kier molecular flexibility index (Phi) is 4.94. The summed E-state index contributed by atoms with van der Waals surface area (Å²) >= 11 is 0. The van der Waals surface area contributed by atoms with Gasteiger partial charge in [0.15, 0.2) is 0 Å². The first-order chi connectivity index (χ1) is 9.70. The molecule has 0 radical (unpaired) electrons. The molecule has 0 aliphatic heterocycles. The van der Waals surface area contributed by atoms with E-state index < -0.39 is 0 Å². The lowest BCUT2D eigenvalue weighted by atomic mass is 10.0. The second kappa shape index (κ2) is 6.90. The highest BCUT2D eigenvalue weighted by atomic mass is 16.1. The van der Waals surface area contributed by atoms with Crippen molar-refractivity contribution in [1.82, 2.24) is 5.32 Å². The van der Waals surface area contributed by atoms with Crippen molar-refractivity contribution >= 4 is 5.91 Å². The van der Waals surface area contributed by atoms with E-state index in [0.717, 1.165) is 12.0 Å². The van der Waals surface area contributed by atoms with Gasteiger partial charge in [0, 0.05) is 12.1 Å². The number of amides is 1. The molecule has 0 aliphatic carbocycles. The third-order valence-corrected chi connectivity index (χ3v) is 3.56. The number of hydrogen-bond acceptors (Lipinski definition) is 1. The van der Waals surface area contributed by atoms with E-state index in [9.17, 15) is 4.79 Å². The van der Waals surface area contributed by atoms with Gasteiger partial charge in [-0.1, -0.05) is 56.3 Å². The molecule has 2 rings (SSSR count). The van der Waals surface area contributed by atoms with Gasteiger partial charge in [0.2, 0.25) is 0 Å². The number of nitrogens with one attached hydrogen (secondary N) is 1. The summed E-state index contributed by atoms with van der Waals surface area (Å²) in [5.41, 5.74) is 3.22. The van der Waals surface area contributed by atoms with Crippen LogP contribution in [0.2, 0.25) is 0 Å². The third kappa shape index (κ3) is 3.70. The zero-order valence-electron chi connectivity index (χ0n) is 12.1. The van der Waals surface area contributed by atoms with Gasteiger partial charge in [0.05, 0.1) is 0 Å². The van der Waals surface area contributed by atoms with E-state index in [1.807, 2.05) is 42.5 Å². The SMILES string of the molecule is CCc1ccc(C(=O)NCC(C)c2ccccc2)cc1. The van der Waals surface area contributed by atoms with Crippen LogP contribution in [-0.2, 0) is 6.42 Å². The summed E-state index contributed by atoms with van der Waals surface area (Å²) in [4.78, 5) is 12.1. The summed E-state index contributed by atoms with van der Waals surface area (Å²) in [5, 5.41) is 3.00. The van der Waals surface area contributed by atoms with E-state index in [1.54, 1.807) is 0 Å². The Labute approximate surface area is 120 Å². The van der Waals surface area contributed by atoms with Crippen LogP contribution in [0.25, 0.3) is 0 Å². The molecule has 0 spiro atoms. The normalized spacial score (nSPS) is 11.9. The van der Waals surface area contributed by atoms with Gasteiger partial charge < -0.3 is 5.32 Å². The highest BCUT2D eigenvalue weighted by Crippen LogP contribution is 2.13. The Balaban J connectivity index is 1.91. The van der Waals surface area contributed by atoms with Crippen LogP contribution in [0, 0.1) is 0 Å². The highest BCUT2D eigenvalue weighted by molar-refractivity contribution is 5.94. The zero-order chi connectivity index (χ0) is 14.4. The molecule has 0 bridgehead atoms. The topological polar surface area (TPSA) is 29.1 Å². The molecule has 0 fully saturated rings. The molecule has 2 aromatic carbocycles. The highest BCUT2D eigenvalue weighted by Gasteiger charge is 2.09. The van der Waals surface area contributed by atoms with Crippen LogP contribution in [0.1, 0.15) is 41.3 Å². The molecule has 0 aromatic heterocycles. The average Bonchev–Trinajstić information content (AvgIpc) is 2.53. The molecule has 2 heteroatoms. The predicted molar refractivity (Wildman–Crippen MR) is 83.0 cm³/mol. The zero-order valence-corrected chi connectivity index (χ0v) is 12.1. The summed E-state index contributed by atoms with van der Waals surface area (Å²) < 4.78 is 0. The standard InChI is InChI=1S/C18H21NO/c1-3-15-9-11-17(12-10-15)18(20)19-13-14(2)16-7-5-4-6-8-16/h4-12,14H,3,13H2,1-2H3,(H,19,20). The summed E-state index contributed by atoms with van der Waals surface area (Å²) in [6.45, 7) is 4.88. The first-order valence-corrected chi connectivity index (χ1v) is 7.12. The van der Waals surface area contributed by atoms with E-state index in [0.29, 0.717) is 12.5 Å². The molecule has 1 unspecified atom stereocenters. The molecule has 1 amide bonds. The van der Waals surface area contributed by atoms with E-state index in [4.69, 9.17) is 0 Å². The van der Waals surface area contributed by atoms with E-state index in [-0.39, 0.29) is 5.91 Å². The summed E-state index contributed by atoms with van der Waals surface area (Å²) in [7, 11) is 0. The van der Waals surface area contributed by atoms with Crippen LogP contribution in [0.15, 0.2) is 54.6 Å². The van der Waals surface area contributed by atoms with Crippen molar-refractivity contribution in [3.63, 3.8) is 0 Å². The molecule has 1 N–H and O–H groups in total. The van der Waals surface area contributed by atoms with Gasteiger partial charge in [0.1, 0.15) is 0 Å². The Bertz CT molecular complexity index is 545. The van der Waals surface area contributed by atoms with Gasteiger partial charge in [-0.2, -0.15) is 0 Å². The molecule has 20 heavy (non-hydrogen) atoms. The van der Waals surface area contributed by atoms with Gasteiger partial charge in [-0.05, 0) is 35.6 Å². The molecular formula is C18H21NO.